The Balaban J connectivity index is 2.80. The predicted molar refractivity (Wildman–Crippen MR) is 73.9 cm³/mol. The maximum absolute atomic E-state index is 10.9. The third-order valence-corrected chi connectivity index (χ3v) is 3.05. The molecule has 0 heterocycles. The zero-order valence-electron chi connectivity index (χ0n) is 11.7. The molecule has 1 aromatic carbocycles. The van der Waals surface area contributed by atoms with Gasteiger partial charge in [0.05, 0.1) is 5.56 Å². The third kappa shape index (κ3) is 4.15. The van der Waals surface area contributed by atoms with Gasteiger partial charge in [-0.25, -0.2) is 4.79 Å². The molecule has 1 rings (SSSR count). The summed E-state index contributed by atoms with van der Waals surface area (Å²) in [6.45, 7) is 11.5. The summed E-state index contributed by atoms with van der Waals surface area (Å²) in [5.74, 6) is -0.220. The molecule has 1 aromatic rings. The quantitative estimate of drug-likeness (QED) is 0.841. The Bertz CT molecular complexity index is 413. The van der Waals surface area contributed by atoms with Crippen LogP contribution in [0.25, 0.3) is 0 Å². The van der Waals surface area contributed by atoms with Crippen LogP contribution in [0, 0.1) is 12.8 Å². The maximum atomic E-state index is 10.9. The van der Waals surface area contributed by atoms with E-state index in [4.69, 9.17) is 5.11 Å². The lowest BCUT2D eigenvalue weighted by atomic mass is 10.0. The van der Waals surface area contributed by atoms with E-state index in [1.165, 1.54) is 5.56 Å². The second-order valence-corrected chi connectivity index (χ2v) is 5.17. The van der Waals surface area contributed by atoms with Gasteiger partial charge in [-0.15, -0.1) is 0 Å². The minimum atomic E-state index is -0.862. The van der Waals surface area contributed by atoms with Crippen molar-refractivity contribution in [3.05, 3.63) is 34.9 Å². The molecular weight excluding hydrogens is 226 g/mol. The van der Waals surface area contributed by atoms with Crippen molar-refractivity contribution in [3.8, 4) is 0 Å². The number of hydrogen-bond acceptors (Lipinski definition) is 2. The van der Waals surface area contributed by atoms with E-state index in [0.717, 1.165) is 25.2 Å². The highest BCUT2D eigenvalue weighted by Gasteiger charge is 2.10. The molecule has 0 spiro atoms. The summed E-state index contributed by atoms with van der Waals surface area (Å²) in [6.07, 6.45) is 0. The molecule has 1 N–H and O–H groups in total. The van der Waals surface area contributed by atoms with Crippen LogP contribution in [0.5, 0.6) is 0 Å². The van der Waals surface area contributed by atoms with Crippen LogP contribution in [0.4, 0.5) is 0 Å². The van der Waals surface area contributed by atoms with Crippen molar-refractivity contribution in [3.63, 3.8) is 0 Å². The number of carbonyl (C=O) groups is 1. The molecule has 18 heavy (non-hydrogen) atoms. The number of benzene rings is 1. The highest BCUT2D eigenvalue weighted by Crippen LogP contribution is 2.14. The van der Waals surface area contributed by atoms with E-state index < -0.39 is 5.97 Å². The first-order valence-electron chi connectivity index (χ1n) is 6.49. The van der Waals surface area contributed by atoms with Crippen LogP contribution in [-0.2, 0) is 6.54 Å². The van der Waals surface area contributed by atoms with Gasteiger partial charge in [-0.1, -0.05) is 26.8 Å². The van der Waals surface area contributed by atoms with E-state index in [0.29, 0.717) is 11.5 Å². The van der Waals surface area contributed by atoms with Crippen LogP contribution in [0.15, 0.2) is 18.2 Å². The minimum absolute atomic E-state index is 0.364. The van der Waals surface area contributed by atoms with Gasteiger partial charge in [-0.05, 0) is 42.6 Å². The molecule has 100 valence electrons. The fourth-order valence-electron chi connectivity index (χ4n) is 2.07. The molecule has 0 saturated carbocycles. The van der Waals surface area contributed by atoms with E-state index in [9.17, 15) is 4.79 Å². The number of carboxylic acids is 1. The first-order chi connectivity index (χ1) is 8.43. The summed E-state index contributed by atoms with van der Waals surface area (Å²) < 4.78 is 0. The number of rotatable bonds is 6. The Kier molecular flexibility index (Phi) is 5.35. The molecule has 0 aliphatic heterocycles. The summed E-state index contributed by atoms with van der Waals surface area (Å²) in [7, 11) is 0. The van der Waals surface area contributed by atoms with Crippen LogP contribution in [0.1, 0.15) is 42.3 Å². The second kappa shape index (κ2) is 6.55. The average molecular weight is 249 g/mol. The Morgan fingerprint density at radius 3 is 2.50 bits per heavy atom. The lowest BCUT2D eigenvalue weighted by molar-refractivity contribution is 0.0696. The van der Waals surface area contributed by atoms with Gasteiger partial charge in [0, 0.05) is 13.1 Å². The van der Waals surface area contributed by atoms with Crippen LogP contribution >= 0.6 is 0 Å². The molecular formula is C15H23NO2. The maximum Gasteiger partial charge on any atom is 0.335 e. The van der Waals surface area contributed by atoms with Gasteiger partial charge in [0.2, 0.25) is 0 Å². The number of aromatic carboxylic acids is 1. The molecule has 0 radical (unpaired) electrons. The van der Waals surface area contributed by atoms with E-state index in [1.54, 1.807) is 12.1 Å². The third-order valence-electron chi connectivity index (χ3n) is 3.05. The fourth-order valence-corrected chi connectivity index (χ4v) is 2.07. The van der Waals surface area contributed by atoms with Crippen molar-refractivity contribution in [1.29, 1.82) is 0 Å². The first kappa shape index (κ1) is 14.7. The van der Waals surface area contributed by atoms with Crippen LogP contribution in [0.2, 0.25) is 0 Å². The normalized spacial score (nSPS) is 11.2. The monoisotopic (exact) mass is 249 g/mol. The molecule has 0 saturated heterocycles. The second-order valence-electron chi connectivity index (χ2n) is 5.17. The first-order valence-corrected chi connectivity index (χ1v) is 6.49. The fraction of sp³-hybridized carbons (Fsp3) is 0.533. The number of aryl methyl sites for hydroxylation is 1. The number of hydrogen-bond donors (Lipinski definition) is 1. The Morgan fingerprint density at radius 2 is 2.06 bits per heavy atom. The van der Waals surface area contributed by atoms with Gasteiger partial charge < -0.3 is 5.11 Å². The van der Waals surface area contributed by atoms with Crippen LogP contribution < -0.4 is 0 Å². The van der Waals surface area contributed by atoms with Crippen molar-refractivity contribution >= 4 is 5.97 Å². The smallest absolute Gasteiger partial charge is 0.335 e. The van der Waals surface area contributed by atoms with Crippen molar-refractivity contribution < 1.29 is 9.90 Å². The van der Waals surface area contributed by atoms with Crippen molar-refractivity contribution in [2.24, 2.45) is 5.92 Å². The van der Waals surface area contributed by atoms with Crippen molar-refractivity contribution in [2.75, 3.05) is 13.1 Å². The average Bonchev–Trinajstić information content (AvgIpc) is 2.29. The molecule has 3 nitrogen and oxygen atoms in total. The molecule has 0 aliphatic carbocycles. The predicted octanol–water partition coefficient (Wildman–Crippen LogP) is 3.17. The molecule has 0 fully saturated rings. The lowest BCUT2D eigenvalue weighted by Crippen LogP contribution is -2.27. The Labute approximate surface area is 109 Å². The highest BCUT2D eigenvalue weighted by molar-refractivity contribution is 5.87. The molecule has 0 amide bonds. The van der Waals surface area contributed by atoms with Crippen molar-refractivity contribution in [1.82, 2.24) is 4.90 Å². The standard InChI is InChI=1S/C15H23NO2/c1-5-16(9-11(2)3)10-14-7-6-13(15(17)18)8-12(14)4/h6-8,11H,5,9-10H2,1-4H3,(H,17,18). The Hall–Kier alpha value is -1.35. The van der Waals surface area contributed by atoms with E-state index in [1.807, 2.05) is 13.0 Å². The zero-order chi connectivity index (χ0) is 13.7. The topological polar surface area (TPSA) is 40.5 Å². The molecule has 0 unspecified atom stereocenters. The molecule has 0 atom stereocenters. The van der Waals surface area contributed by atoms with Gasteiger partial charge in [0.25, 0.3) is 0 Å². The summed E-state index contributed by atoms with van der Waals surface area (Å²) in [6, 6.07) is 5.37. The summed E-state index contributed by atoms with van der Waals surface area (Å²) in [5, 5.41) is 8.94. The molecule has 0 bridgehead atoms. The van der Waals surface area contributed by atoms with E-state index in [-0.39, 0.29) is 0 Å². The lowest BCUT2D eigenvalue weighted by Gasteiger charge is -2.23. The summed E-state index contributed by atoms with van der Waals surface area (Å²) >= 11 is 0. The zero-order valence-corrected chi connectivity index (χ0v) is 11.7. The van der Waals surface area contributed by atoms with Crippen molar-refractivity contribution in [2.45, 2.75) is 34.2 Å². The highest BCUT2D eigenvalue weighted by atomic mass is 16.4. The van der Waals surface area contributed by atoms with Gasteiger partial charge in [-0.2, -0.15) is 0 Å². The largest absolute Gasteiger partial charge is 0.478 e. The van der Waals surface area contributed by atoms with Gasteiger partial charge >= 0.3 is 5.97 Å². The van der Waals surface area contributed by atoms with Crippen LogP contribution in [0.3, 0.4) is 0 Å². The van der Waals surface area contributed by atoms with Gasteiger partial charge in [-0.3, -0.25) is 4.90 Å². The SMILES string of the molecule is CCN(Cc1ccc(C(=O)O)cc1C)CC(C)C. The minimum Gasteiger partial charge on any atom is -0.478 e. The van der Waals surface area contributed by atoms with Gasteiger partial charge in [0.1, 0.15) is 0 Å². The summed E-state index contributed by atoms with van der Waals surface area (Å²) in [5.41, 5.74) is 2.63. The summed E-state index contributed by atoms with van der Waals surface area (Å²) in [4.78, 5) is 13.3. The van der Waals surface area contributed by atoms with Crippen LogP contribution in [-0.4, -0.2) is 29.1 Å². The Morgan fingerprint density at radius 1 is 1.39 bits per heavy atom. The number of nitrogens with zero attached hydrogens (tertiary/aromatic N) is 1. The van der Waals surface area contributed by atoms with E-state index in [2.05, 4.69) is 25.7 Å². The molecule has 3 heteroatoms. The van der Waals surface area contributed by atoms with E-state index >= 15 is 0 Å². The number of carboxylic acid groups (broad SMARTS) is 1. The molecule has 0 aliphatic rings. The van der Waals surface area contributed by atoms with Gasteiger partial charge in [0.15, 0.2) is 0 Å². The molecule has 0 aromatic heterocycles.